The molecule has 0 unspecified atom stereocenters. The molecule has 17 heavy (non-hydrogen) atoms. The molecule has 0 bridgehead atoms. The Kier molecular flexibility index (Phi) is 3.83. The molecule has 1 heterocycles. The first-order valence-corrected chi connectivity index (χ1v) is 5.69. The van der Waals surface area contributed by atoms with Gasteiger partial charge in [0.15, 0.2) is 0 Å². The third-order valence-electron chi connectivity index (χ3n) is 2.44. The lowest BCUT2D eigenvalue weighted by atomic mass is 10.2. The normalized spacial score (nSPS) is 10.5. The lowest BCUT2D eigenvalue weighted by molar-refractivity contribution is 0.265. The van der Waals surface area contributed by atoms with Crippen molar-refractivity contribution in [2.45, 2.75) is 20.1 Å². The molecule has 0 saturated heterocycles. The SMILES string of the molecule is CNCc1ccc(COc2cccc(C)c2)o1. The predicted octanol–water partition coefficient (Wildman–Crippen LogP) is 2.89. The fourth-order valence-electron chi connectivity index (χ4n) is 1.63. The monoisotopic (exact) mass is 231 g/mol. The first-order chi connectivity index (χ1) is 8.28. The molecule has 0 spiro atoms. The van der Waals surface area contributed by atoms with Crippen LogP contribution in [-0.4, -0.2) is 7.05 Å². The second kappa shape index (κ2) is 5.55. The molecule has 0 saturated carbocycles. The highest BCUT2D eigenvalue weighted by Gasteiger charge is 2.02. The molecule has 0 radical (unpaired) electrons. The number of aryl methyl sites for hydroxylation is 1. The molecular formula is C14H17NO2. The number of hydrogen-bond donors (Lipinski definition) is 1. The van der Waals surface area contributed by atoms with Crippen molar-refractivity contribution in [1.29, 1.82) is 0 Å². The van der Waals surface area contributed by atoms with Gasteiger partial charge in [0.25, 0.3) is 0 Å². The molecule has 90 valence electrons. The molecule has 0 fully saturated rings. The Hall–Kier alpha value is -1.74. The van der Waals surface area contributed by atoms with Gasteiger partial charge in [0.05, 0.1) is 6.54 Å². The van der Waals surface area contributed by atoms with Crippen LogP contribution in [0.5, 0.6) is 5.75 Å². The summed E-state index contributed by atoms with van der Waals surface area (Å²) >= 11 is 0. The van der Waals surface area contributed by atoms with Crippen LogP contribution in [0.25, 0.3) is 0 Å². The Bertz CT molecular complexity index is 477. The van der Waals surface area contributed by atoms with E-state index in [1.54, 1.807) is 0 Å². The van der Waals surface area contributed by atoms with Crippen molar-refractivity contribution < 1.29 is 9.15 Å². The van der Waals surface area contributed by atoms with Gasteiger partial charge < -0.3 is 14.5 Å². The Balaban J connectivity index is 1.93. The third kappa shape index (κ3) is 3.36. The van der Waals surface area contributed by atoms with E-state index in [2.05, 4.69) is 5.32 Å². The van der Waals surface area contributed by atoms with E-state index < -0.39 is 0 Å². The van der Waals surface area contributed by atoms with Crippen LogP contribution in [0.2, 0.25) is 0 Å². The maximum Gasteiger partial charge on any atom is 0.146 e. The van der Waals surface area contributed by atoms with E-state index in [9.17, 15) is 0 Å². The van der Waals surface area contributed by atoms with Crippen LogP contribution in [0.4, 0.5) is 0 Å². The lowest BCUT2D eigenvalue weighted by Gasteiger charge is -2.04. The second-order valence-electron chi connectivity index (χ2n) is 4.00. The van der Waals surface area contributed by atoms with Crippen molar-refractivity contribution in [3.05, 3.63) is 53.5 Å². The predicted molar refractivity (Wildman–Crippen MR) is 67.0 cm³/mol. The first kappa shape index (κ1) is 11.7. The van der Waals surface area contributed by atoms with Gasteiger partial charge in [-0.25, -0.2) is 0 Å². The van der Waals surface area contributed by atoms with Crippen LogP contribution >= 0.6 is 0 Å². The lowest BCUT2D eigenvalue weighted by Crippen LogP contribution is -2.03. The van der Waals surface area contributed by atoms with Gasteiger partial charge in [-0.3, -0.25) is 0 Å². The summed E-state index contributed by atoms with van der Waals surface area (Å²) in [5.74, 6) is 2.64. The molecule has 0 atom stereocenters. The standard InChI is InChI=1S/C14H17NO2/c1-11-4-3-5-12(8-11)16-10-14-7-6-13(17-14)9-15-2/h3-8,15H,9-10H2,1-2H3. The van der Waals surface area contributed by atoms with Crippen molar-refractivity contribution >= 4 is 0 Å². The summed E-state index contributed by atoms with van der Waals surface area (Å²) < 4.78 is 11.2. The smallest absolute Gasteiger partial charge is 0.146 e. The van der Waals surface area contributed by atoms with Gasteiger partial charge in [0.1, 0.15) is 23.9 Å². The Morgan fingerprint density at radius 1 is 1.18 bits per heavy atom. The molecule has 0 aliphatic rings. The number of ether oxygens (including phenoxy) is 1. The molecule has 1 N–H and O–H groups in total. The van der Waals surface area contributed by atoms with Gasteiger partial charge in [0, 0.05) is 0 Å². The van der Waals surface area contributed by atoms with Crippen LogP contribution in [0.1, 0.15) is 17.1 Å². The molecule has 3 heteroatoms. The quantitative estimate of drug-likeness (QED) is 0.859. The molecule has 1 aromatic heterocycles. The van der Waals surface area contributed by atoms with Gasteiger partial charge in [0.2, 0.25) is 0 Å². The summed E-state index contributed by atoms with van der Waals surface area (Å²) in [6.45, 7) is 3.25. The molecule has 0 amide bonds. The number of hydrogen-bond acceptors (Lipinski definition) is 3. The van der Waals surface area contributed by atoms with Gasteiger partial charge in [-0.1, -0.05) is 12.1 Å². The summed E-state index contributed by atoms with van der Waals surface area (Å²) in [4.78, 5) is 0. The molecular weight excluding hydrogens is 214 g/mol. The van der Waals surface area contributed by atoms with Crippen molar-refractivity contribution in [2.75, 3.05) is 7.05 Å². The van der Waals surface area contributed by atoms with Gasteiger partial charge in [-0.15, -0.1) is 0 Å². The molecule has 0 aliphatic carbocycles. The van der Waals surface area contributed by atoms with E-state index in [1.165, 1.54) is 5.56 Å². The minimum atomic E-state index is 0.465. The van der Waals surface area contributed by atoms with E-state index in [1.807, 2.05) is 50.4 Å². The maximum atomic E-state index is 5.65. The van der Waals surface area contributed by atoms with Crippen molar-refractivity contribution in [2.24, 2.45) is 0 Å². The van der Waals surface area contributed by atoms with Gasteiger partial charge >= 0.3 is 0 Å². The molecule has 2 rings (SSSR count). The van der Waals surface area contributed by atoms with Gasteiger partial charge in [-0.05, 0) is 43.8 Å². The Morgan fingerprint density at radius 2 is 2.00 bits per heavy atom. The zero-order valence-corrected chi connectivity index (χ0v) is 10.2. The third-order valence-corrected chi connectivity index (χ3v) is 2.44. The summed E-state index contributed by atoms with van der Waals surface area (Å²) in [5.41, 5.74) is 1.19. The largest absolute Gasteiger partial charge is 0.486 e. The fourth-order valence-corrected chi connectivity index (χ4v) is 1.63. The summed E-state index contributed by atoms with van der Waals surface area (Å²) in [7, 11) is 1.89. The van der Waals surface area contributed by atoms with E-state index in [0.717, 1.165) is 23.8 Å². The zero-order valence-electron chi connectivity index (χ0n) is 10.2. The number of nitrogens with one attached hydrogen (secondary N) is 1. The van der Waals surface area contributed by atoms with Gasteiger partial charge in [-0.2, -0.15) is 0 Å². The van der Waals surface area contributed by atoms with E-state index in [4.69, 9.17) is 9.15 Å². The second-order valence-corrected chi connectivity index (χ2v) is 4.00. The van der Waals surface area contributed by atoms with Crippen LogP contribution < -0.4 is 10.1 Å². The van der Waals surface area contributed by atoms with Crippen LogP contribution in [0.15, 0.2) is 40.8 Å². The first-order valence-electron chi connectivity index (χ1n) is 5.69. The summed E-state index contributed by atoms with van der Waals surface area (Å²) in [5, 5.41) is 3.04. The highest BCUT2D eigenvalue weighted by molar-refractivity contribution is 5.27. The number of benzene rings is 1. The maximum absolute atomic E-state index is 5.65. The number of rotatable bonds is 5. The van der Waals surface area contributed by atoms with Crippen molar-refractivity contribution in [3.8, 4) is 5.75 Å². The number of furan rings is 1. The van der Waals surface area contributed by atoms with Crippen LogP contribution in [0, 0.1) is 6.92 Å². The fraction of sp³-hybridized carbons (Fsp3) is 0.286. The van der Waals surface area contributed by atoms with Crippen LogP contribution in [0.3, 0.4) is 0 Å². The molecule has 1 aromatic carbocycles. The average molecular weight is 231 g/mol. The topological polar surface area (TPSA) is 34.4 Å². The minimum Gasteiger partial charge on any atom is -0.486 e. The Labute approximate surface area is 101 Å². The minimum absolute atomic E-state index is 0.465. The molecule has 0 aliphatic heterocycles. The highest BCUT2D eigenvalue weighted by Crippen LogP contribution is 2.15. The van der Waals surface area contributed by atoms with Crippen molar-refractivity contribution in [3.63, 3.8) is 0 Å². The zero-order chi connectivity index (χ0) is 12.1. The Morgan fingerprint density at radius 3 is 2.76 bits per heavy atom. The summed E-state index contributed by atoms with van der Waals surface area (Å²) in [6.07, 6.45) is 0. The highest BCUT2D eigenvalue weighted by atomic mass is 16.5. The average Bonchev–Trinajstić information content (AvgIpc) is 2.75. The van der Waals surface area contributed by atoms with E-state index >= 15 is 0 Å². The van der Waals surface area contributed by atoms with Crippen LogP contribution in [-0.2, 0) is 13.2 Å². The molecule has 3 nitrogen and oxygen atoms in total. The molecule has 2 aromatic rings. The van der Waals surface area contributed by atoms with E-state index in [-0.39, 0.29) is 0 Å². The van der Waals surface area contributed by atoms with E-state index in [0.29, 0.717) is 6.61 Å². The summed E-state index contributed by atoms with van der Waals surface area (Å²) in [6, 6.07) is 11.9. The van der Waals surface area contributed by atoms with Crippen molar-refractivity contribution in [1.82, 2.24) is 5.32 Å².